The molecule has 2 atom stereocenters. The first-order chi connectivity index (χ1) is 16.5. The van der Waals surface area contributed by atoms with Crippen molar-refractivity contribution in [3.8, 4) is 5.75 Å². The van der Waals surface area contributed by atoms with E-state index in [0.29, 0.717) is 23.9 Å². The van der Waals surface area contributed by atoms with Crippen LogP contribution in [0.4, 0.5) is 4.39 Å². The van der Waals surface area contributed by atoms with Crippen molar-refractivity contribution in [3.05, 3.63) is 81.7 Å². The van der Waals surface area contributed by atoms with Crippen molar-refractivity contribution in [3.63, 3.8) is 0 Å². The molecule has 1 fully saturated rings. The Bertz CT molecular complexity index is 1350. The maximum atomic E-state index is 13.4. The van der Waals surface area contributed by atoms with E-state index in [4.69, 9.17) is 4.74 Å². The number of piperidine rings is 1. The lowest BCUT2D eigenvalue weighted by Crippen LogP contribution is -2.41. The second kappa shape index (κ2) is 9.34. The van der Waals surface area contributed by atoms with Crippen LogP contribution >= 0.6 is 0 Å². The Balaban J connectivity index is 1.62. The predicted molar refractivity (Wildman–Crippen MR) is 126 cm³/mol. The zero-order chi connectivity index (χ0) is 23.7. The summed E-state index contributed by atoms with van der Waals surface area (Å²) in [7, 11) is 1.62. The number of nitrogens with zero attached hydrogens (tertiary/aromatic N) is 5. The SMILES string of the molecule is COc1ccc2[nH]c(=O)c([C@H](c3nnnn3Cc3ccc(F)cc3)N3CCC[C@H](C)C3)cc2c1. The molecule has 3 heterocycles. The fraction of sp³-hybridized carbons (Fsp3) is 0.360. The van der Waals surface area contributed by atoms with Crippen LogP contribution in [0.2, 0.25) is 0 Å². The third kappa shape index (κ3) is 4.43. The molecule has 2 aromatic heterocycles. The van der Waals surface area contributed by atoms with Crippen LogP contribution in [0.15, 0.2) is 53.3 Å². The molecule has 1 aliphatic heterocycles. The molecule has 1 aliphatic rings. The molecule has 0 bridgehead atoms. The van der Waals surface area contributed by atoms with E-state index in [2.05, 4.69) is 32.3 Å². The van der Waals surface area contributed by atoms with E-state index < -0.39 is 6.04 Å². The summed E-state index contributed by atoms with van der Waals surface area (Å²) in [6.07, 6.45) is 2.19. The lowest BCUT2D eigenvalue weighted by atomic mass is 9.95. The number of likely N-dealkylation sites (tertiary alicyclic amines) is 1. The van der Waals surface area contributed by atoms with Crippen molar-refractivity contribution in [1.29, 1.82) is 0 Å². The zero-order valence-electron chi connectivity index (χ0n) is 19.2. The Kier molecular flexibility index (Phi) is 6.10. The normalized spacial score (nSPS) is 17.7. The minimum atomic E-state index is -0.419. The van der Waals surface area contributed by atoms with Crippen LogP contribution in [0.25, 0.3) is 10.9 Å². The molecule has 176 valence electrons. The molecule has 9 heteroatoms. The minimum absolute atomic E-state index is 0.169. The highest BCUT2D eigenvalue weighted by Gasteiger charge is 2.32. The monoisotopic (exact) mass is 462 g/mol. The van der Waals surface area contributed by atoms with E-state index in [-0.39, 0.29) is 11.4 Å². The van der Waals surface area contributed by atoms with Crippen LogP contribution in [0, 0.1) is 11.7 Å². The molecule has 0 radical (unpaired) electrons. The van der Waals surface area contributed by atoms with E-state index in [1.54, 1.807) is 23.9 Å². The van der Waals surface area contributed by atoms with E-state index >= 15 is 0 Å². The number of aromatic amines is 1. The first-order valence-electron chi connectivity index (χ1n) is 11.5. The van der Waals surface area contributed by atoms with Gasteiger partial charge in [-0.15, -0.1) is 5.10 Å². The smallest absolute Gasteiger partial charge is 0.253 e. The Morgan fingerprint density at radius 3 is 2.79 bits per heavy atom. The van der Waals surface area contributed by atoms with Crippen LogP contribution in [-0.2, 0) is 6.54 Å². The molecule has 0 amide bonds. The number of halogens is 1. The number of tetrazole rings is 1. The van der Waals surface area contributed by atoms with Crippen molar-refractivity contribution in [2.75, 3.05) is 20.2 Å². The van der Waals surface area contributed by atoms with E-state index in [0.717, 1.165) is 48.1 Å². The summed E-state index contributed by atoms with van der Waals surface area (Å²) in [6, 6.07) is 13.3. The summed E-state index contributed by atoms with van der Waals surface area (Å²) >= 11 is 0. The minimum Gasteiger partial charge on any atom is -0.497 e. The number of nitrogens with one attached hydrogen (secondary N) is 1. The van der Waals surface area contributed by atoms with Gasteiger partial charge in [0, 0.05) is 23.0 Å². The molecule has 2 aromatic carbocycles. The van der Waals surface area contributed by atoms with Crippen LogP contribution in [0.3, 0.4) is 0 Å². The lowest BCUT2D eigenvalue weighted by molar-refractivity contribution is 0.141. The van der Waals surface area contributed by atoms with Crippen molar-refractivity contribution < 1.29 is 9.13 Å². The number of aromatic nitrogens is 5. The number of hydrogen-bond donors (Lipinski definition) is 1. The number of fused-ring (bicyclic) bond motifs is 1. The molecule has 0 unspecified atom stereocenters. The van der Waals surface area contributed by atoms with Gasteiger partial charge in [0.05, 0.1) is 13.7 Å². The molecule has 4 aromatic rings. The molecule has 5 rings (SSSR count). The highest BCUT2D eigenvalue weighted by Crippen LogP contribution is 2.31. The van der Waals surface area contributed by atoms with Gasteiger partial charge in [0.1, 0.15) is 17.6 Å². The van der Waals surface area contributed by atoms with Gasteiger partial charge in [-0.1, -0.05) is 19.1 Å². The average Bonchev–Trinajstić information content (AvgIpc) is 3.28. The molecular formula is C25H27FN6O2. The third-order valence-electron chi connectivity index (χ3n) is 6.48. The van der Waals surface area contributed by atoms with E-state index in [1.165, 1.54) is 12.1 Å². The van der Waals surface area contributed by atoms with Crippen molar-refractivity contribution in [2.45, 2.75) is 32.4 Å². The second-order valence-electron chi connectivity index (χ2n) is 8.97. The Morgan fingerprint density at radius 2 is 2.03 bits per heavy atom. The number of ether oxygens (including phenoxy) is 1. The highest BCUT2D eigenvalue weighted by molar-refractivity contribution is 5.80. The predicted octanol–water partition coefficient (Wildman–Crippen LogP) is 3.53. The molecular weight excluding hydrogens is 435 g/mol. The largest absolute Gasteiger partial charge is 0.497 e. The number of benzene rings is 2. The van der Waals surface area contributed by atoms with Gasteiger partial charge in [-0.2, -0.15) is 0 Å². The molecule has 0 saturated carbocycles. The fourth-order valence-corrected chi connectivity index (χ4v) is 4.77. The molecule has 1 saturated heterocycles. The van der Waals surface area contributed by atoms with Crippen LogP contribution in [-0.4, -0.2) is 50.3 Å². The Morgan fingerprint density at radius 1 is 1.21 bits per heavy atom. The number of rotatable bonds is 6. The summed E-state index contributed by atoms with van der Waals surface area (Å²) in [4.78, 5) is 18.6. The quantitative estimate of drug-likeness (QED) is 0.472. The summed E-state index contributed by atoms with van der Waals surface area (Å²) in [5, 5.41) is 13.4. The third-order valence-corrected chi connectivity index (χ3v) is 6.48. The van der Waals surface area contributed by atoms with Crippen molar-refractivity contribution in [1.82, 2.24) is 30.1 Å². The van der Waals surface area contributed by atoms with Crippen LogP contribution in [0.1, 0.15) is 42.8 Å². The summed E-state index contributed by atoms with van der Waals surface area (Å²) < 4.78 is 20.5. The van der Waals surface area contributed by atoms with E-state index in [1.807, 2.05) is 24.3 Å². The van der Waals surface area contributed by atoms with Gasteiger partial charge in [0.15, 0.2) is 5.82 Å². The first kappa shape index (κ1) is 22.2. The van der Waals surface area contributed by atoms with Gasteiger partial charge >= 0.3 is 0 Å². The topological polar surface area (TPSA) is 88.9 Å². The van der Waals surface area contributed by atoms with Gasteiger partial charge < -0.3 is 9.72 Å². The van der Waals surface area contributed by atoms with Crippen molar-refractivity contribution >= 4 is 10.9 Å². The maximum absolute atomic E-state index is 13.4. The number of hydrogen-bond acceptors (Lipinski definition) is 6. The summed E-state index contributed by atoms with van der Waals surface area (Å²) in [6.45, 7) is 4.28. The van der Waals surface area contributed by atoms with Gasteiger partial charge in [0.25, 0.3) is 5.56 Å². The first-order valence-corrected chi connectivity index (χ1v) is 11.5. The molecule has 34 heavy (non-hydrogen) atoms. The molecule has 1 N–H and O–H groups in total. The lowest BCUT2D eigenvalue weighted by Gasteiger charge is -2.36. The Labute approximate surface area is 196 Å². The van der Waals surface area contributed by atoms with Crippen LogP contribution < -0.4 is 10.3 Å². The van der Waals surface area contributed by atoms with Crippen LogP contribution in [0.5, 0.6) is 5.75 Å². The highest BCUT2D eigenvalue weighted by atomic mass is 19.1. The fourth-order valence-electron chi connectivity index (χ4n) is 4.77. The molecule has 8 nitrogen and oxygen atoms in total. The number of methoxy groups -OCH3 is 1. The average molecular weight is 463 g/mol. The maximum Gasteiger partial charge on any atom is 0.253 e. The van der Waals surface area contributed by atoms with Gasteiger partial charge in [0.2, 0.25) is 0 Å². The second-order valence-corrected chi connectivity index (χ2v) is 8.97. The standard InChI is InChI=1S/C25H27FN6O2/c1-16-4-3-11-31(14-16)23(21-13-18-12-20(34-2)9-10-22(18)27-25(21)33)24-28-29-30-32(24)15-17-5-7-19(26)8-6-17/h5-10,12-13,16,23H,3-4,11,14-15H2,1-2H3,(H,27,33)/t16-,23+/m0/s1. The van der Waals surface area contributed by atoms with E-state index in [9.17, 15) is 9.18 Å². The van der Waals surface area contributed by atoms with Gasteiger partial charge in [-0.25, -0.2) is 9.07 Å². The molecule has 0 aliphatic carbocycles. The van der Waals surface area contributed by atoms with Gasteiger partial charge in [-0.05, 0) is 77.7 Å². The Hall–Kier alpha value is -3.59. The van der Waals surface area contributed by atoms with Crippen molar-refractivity contribution in [2.24, 2.45) is 5.92 Å². The number of pyridine rings is 1. The summed E-state index contributed by atoms with van der Waals surface area (Å²) in [5.41, 5.74) is 2.03. The zero-order valence-corrected chi connectivity index (χ0v) is 19.2. The van der Waals surface area contributed by atoms with Gasteiger partial charge in [-0.3, -0.25) is 9.69 Å². The molecule has 0 spiro atoms. The number of H-pyrrole nitrogens is 1. The summed E-state index contributed by atoms with van der Waals surface area (Å²) in [5.74, 6) is 1.51.